The number of rotatable bonds is 2. The number of likely N-dealkylation sites (tertiary alicyclic amines) is 1. The molecule has 1 N–H and O–H groups in total. The van der Waals surface area contributed by atoms with Crippen molar-refractivity contribution in [3.05, 3.63) is 35.4 Å². The first-order chi connectivity index (χ1) is 8.72. The van der Waals surface area contributed by atoms with E-state index in [2.05, 4.69) is 41.4 Å². The topological polar surface area (TPSA) is 32.3 Å². The highest BCUT2D eigenvalue weighted by Gasteiger charge is 2.37. The van der Waals surface area contributed by atoms with Gasteiger partial charge >= 0.3 is 0 Å². The Morgan fingerprint density at radius 3 is 3.11 bits per heavy atom. The number of aryl methyl sites for hydroxylation is 1. The molecule has 0 aliphatic carbocycles. The first kappa shape index (κ1) is 11.7. The van der Waals surface area contributed by atoms with E-state index in [9.17, 15) is 4.79 Å². The van der Waals surface area contributed by atoms with E-state index in [4.69, 9.17) is 0 Å². The molecular weight excluding hydrogens is 224 g/mol. The Morgan fingerprint density at radius 2 is 2.28 bits per heavy atom. The molecule has 2 fully saturated rings. The van der Waals surface area contributed by atoms with Crippen molar-refractivity contribution in [2.45, 2.75) is 44.8 Å². The van der Waals surface area contributed by atoms with Crippen LogP contribution in [-0.2, 0) is 11.3 Å². The molecule has 2 aliphatic heterocycles. The van der Waals surface area contributed by atoms with E-state index in [0.717, 1.165) is 25.9 Å². The fraction of sp³-hybridized carbons (Fsp3) is 0.533. The number of fused-ring (bicyclic) bond motifs is 1. The molecule has 1 aromatic rings. The van der Waals surface area contributed by atoms with Crippen LogP contribution < -0.4 is 5.32 Å². The minimum absolute atomic E-state index is 0.230. The van der Waals surface area contributed by atoms with Crippen molar-refractivity contribution < 1.29 is 4.79 Å². The Bertz CT molecular complexity index is 458. The van der Waals surface area contributed by atoms with Gasteiger partial charge in [-0.3, -0.25) is 9.69 Å². The van der Waals surface area contributed by atoms with Gasteiger partial charge in [-0.25, -0.2) is 0 Å². The molecular formula is C15H20N2O. The zero-order valence-corrected chi connectivity index (χ0v) is 10.9. The zero-order valence-electron chi connectivity index (χ0n) is 10.9. The van der Waals surface area contributed by atoms with Crippen molar-refractivity contribution in [3.8, 4) is 0 Å². The maximum Gasteiger partial charge on any atom is 0.220 e. The third kappa shape index (κ3) is 2.27. The molecule has 2 heterocycles. The van der Waals surface area contributed by atoms with E-state index in [1.54, 1.807) is 0 Å². The van der Waals surface area contributed by atoms with Gasteiger partial charge in [0, 0.05) is 31.6 Å². The molecule has 1 aromatic carbocycles. The summed E-state index contributed by atoms with van der Waals surface area (Å²) in [5.41, 5.74) is 2.70. The summed E-state index contributed by atoms with van der Waals surface area (Å²) < 4.78 is 0. The van der Waals surface area contributed by atoms with Gasteiger partial charge in [0.2, 0.25) is 5.91 Å². The minimum Gasteiger partial charge on any atom is -0.352 e. The van der Waals surface area contributed by atoms with E-state index in [-0.39, 0.29) is 5.91 Å². The number of carbonyl (C=O) groups is 1. The lowest BCUT2D eigenvalue weighted by molar-refractivity contribution is -0.124. The van der Waals surface area contributed by atoms with Crippen molar-refractivity contribution in [3.63, 3.8) is 0 Å². The first-order valence-corrected chi connectivity index (χ1v) is 6.81. The smallest absolute Gasteiger partial charge is 0.220 e. The molecule has 96 valence electrons. The summed E-state index contributed by atoms with van der Waals surface area (Å²) in [6.07, 6.45) is 2.80. The standard InChI is InChI=1S/C15H20N2O/c1-11-3-2-4-12(9-11)10-17-8-7-13-14(17)5-6-15(18)16-13/h2-4,9,13-14H,5-8,10H2,1H3,(H,16,18)/t13-,14-/m1/s1. The van der Waals surface area contributed by atoms with Crippen LogP contribution >= 0.6 is 0 Å². The van der Waals surface area contributed by atoms with E-state index in [1.165, 1.54) is 11.1 Å². The molecule has 3 heteroatoms. The molecule has 0 unspecified atom stereocenters. The fourth-order valence-corrected chi connectivity index (χ4v) is 3.27. The summed E-state index contributed by atoms with van der Waals surface area (Å²) in [7, 11) is 0. The van der Waals surface area contributed by atoms with Crippen LogP contribution in [-0.4, -0.2) is 29.4 Å². The monoisotopic (exact) mass is 244 g/mol. The fourth-order valence-electron chi connectivity index (χ4n) is 3.27. The van der Waals surface area contributed by atoms with E-state index < -0.39 is 0 Å². The van der Waals surface area contributed by atoms with Gasteiger partial charge in [0.25, 0.3) is 0 Å². The predicted molar refractivity (Wildman–Crippen MR) is 71.2 cm³/mol. The van der Waals surface area contributed by atoms with Crippen LogP contribution in [0.1, 0.15) is 30.4 Å². The Labute approximate surface area is 108 Å². The van der Waals surface area contributed by atoms with Crippen LogP contribution in [0.25, 0.3) is 0 Å². The highest BCUT2D eigenvalue weighted by atomic mass is 16.1. The number of carbonyl (C=O) groups excluding carboxylic acids is 1. The normalized spacial score (nSPS) is 27.9. The number of piperidine rings is 1. The molecule has 3 rings (SSSR count). The molecule has 0 bridgehead atoms. The van der Waals surface area contributed by atoms with Crippen LogP contribution in [0.5, 0.6) is 0 Å². The summed E-state index contributed by atoms with van der Waals surface area (Å²) in [4.78, 5) is 13.9. The van der Waals surface area contributed by atoms with Crippen LogP contribution in [0.4, 0.5) is 0 Å². The van der Waals surface area contributed by atoms with Gasteiger partial charge < -0.3 is 5.32 Å². The number of hydrogen-bond donors (Lipinski definition) is 1. The van der Waals surface area contributed by atoms with Gasteiger partial charge in [-0.15, -0.1) is 0 Å². The maximum atomic E-state index is 11.4. The van der Waals surface area contributed by atoms with Crippen molar-refractivity contribution in [1.29, 1.82) is 0 Å². The van der Waals surface area contributed by atoms with Crippen molar-refractivity contribution >= 4 is 5.91 Å². The van der Waals surface area contributed by atoms with E-state index in [0.29, 0.717) is 18.5 Å². The summed E-state index contributed by atoms with van der Waals surface area (Å²) in [6.45, 7) is 4.25. The van der Waals surface area contributed by atoms with Crippen LogP contribution in [0.15, 0.2) is 24.3 Å². The highest BCUT2D eigenvalue weighted by Crippen LogP contribution is 2.27. The molecule has 1 amide bonds. The lowest BCUT2D eigenvalue weighted by Gasteiger charge is -2.32. The first-order valence-electron chi connectivity index (χ1n) is 6.81. The summed E-state index contributed by atoms with van der Waals surface area (Å²) in [6, 6.07) is 9.65. The lowest BCUT2D eigenvalue weighted by atomic mass is 9.98. The largest absolute Gasteiger partial charge is 0.352 e. The molecule has 3 nitrogen and oxygen atoms in total. The van der Waals surface area contributed by atoms with Crippen LogP contribution in [0.3, 0.4) is 0 Å². The lowest BCUT2D eigenvalue weighted by Crippen LogP contribution is -2.49. The molecule has 0 aromatic heterocycles. The number of nitrogens with zero attached hydrogens (tertiary/aromatic N) is 1. The third-order valence-corrected chi connectivity index (χ3v) is 4.14. The molecule has 2 aliphatic rings. The summed E-state index contributed by atoms with van der Waals surface area (Å²) in [5, 5.41) is 3.12. The van der Waals surface area contributed by atoms with E-state index in [1.807, 2.05) is 0 Å². The van der Waals surface area contributed by atoms with Gasteiger partial charge in [-0.2, -0.15) is 0 Å². The van der Waals surface area contributed by atoms with Gasteiger partial charge in [0.15, 0.2) is 0 Å². The average molecular weight is 244 g/mol. The number of amides is 1. The van der Waals surface area contributed by atoms with Crippen molar-refractivity contribution in [2.24, 2.45) is 0 Å². The number of nitrogens with one attached hydrogen (secondary N) is 1. The second-order valence-electron chi connectivity index (χ2n) is 5.53. The average Bonchev–Trinajstić information content (AvgIpc) is 2.72. The second-order valence-corrected chi connectivity index (χ2v) is 5.53. The molecule has 0 spiro atoms. The molecule has 2 atom stereocenters. The van der Waals surface area contributed by atoms with Gasteiger partial charge in [-0.1, -0.05) is 29.8 Å². The molecule has 0 radical (unpaired) electrons. The SMILES string of the molecule is Cc1cccc(CN2CC[C@H]3NC(=O)CC[C@H]32)c1. The maximum absolute atomic E-state index is 11.4. The third-order valence-electron chi connectivity index (χ3n) is 4.14. The molecule has 18 heavy (non-hydrogen) atoms. The highest BCUT2D eigenvalue weighted by molar-refractivity contribution is 5.77. The molecule has 2 saturated heterocycles. The van der Waals surface area contributed by atoms with Crippen molar-refractivity contribution in [2.75, 3.05) is 6.54 Å². The summed E-state index contributed by atoms with van der Waals surface area (Å²) in [5.74, 6) is 0.230. The second kappa shape index (κ2) is 4.73. The Kier molecular flexibility index (Phi) is 3.08. The van der Waals surface area contributed by atoms with E-state index >= 15 is 0 Å². The van der Waals surface area contributed by atoms with Gasteiger partial charge in [-0.05, 0) is 25.3 Å². The molecule has 0 saturated carbocycles. The van der Waals surface area contributed by atoms with Crippen LogP contribution in [0.2, 0.25) is 0 Å². The Balaban J connectivity index is 1.69. The summed E-state index contributed by atoms with van der Waals surface area (Å²) >= 11 is 0. The number of hydrogen-bond acceptors (Lipinski definition) is 2. The zero-order chi connectivity index (χ0) is 12.5. The quantitative estimate of drug-likeness (QED) is 0.861. The predicted octanol–water partition coefficient (Wildman–Crippen LogP) is 1.85. The van der Waals surface area contributed by atoms with Crippen molar-refractivity contribution in [1.82, 2.24) is 10.2 Å². The van der Waals surface area contributed by atoms with Gasteiger partial charge in [0.05, 0.1) is 0 Å². The number of benzene rings is 1. The van der Waals surface area contributed by atoms with Gasteiger partial charge in [0.1, 0.15) is 0 Å². The Morgan fingerprint density at radius 1 is 1.39 bits per heavy atom. The Hall–Kier alpha value is -1.35. The minimum atomic E-state index is 0.230. The van der Waals surface area contributed by atoms with Crippen LogP contribution in [0, 0.1) is 6.92 Å².